The van der Waals surface area contributed by atoms with E-state index in [1.54, 1.807) is 26.0 Å². The Morgan fingerprint density at radius 2 is 1.77 bits per heavy atom. The zero-order valence-corrected chi connectivity index (χ0v) is 16.1. The number of nitrogens with one attached hydrogen (secondary N) is 1. The van der Waals surface area contributed by atoms with Crippen LogP contribution in [0.5, 0.6) is 0 Å². The molecule has 0 saturated carbocycles. The molecule has 26 heavy (non-hydrogen) atoms. The summed E-state index contributed by atoms with van der Waals surface area (Å²) in [5.41, 5.74) is 3.75. The second-order valence-corrected chi connectivity index (χ2v) is 9.25. The van der Waals surface area contributed by atoms with E-state index in [1.165, 1.54) is 11.3 Å². The average Bonchev–Trinajstić information content (AvgIpc) is 3.09. The van der Waals surface area contributed by atoms with Crippen molar-refractivity contribution in [3.05, 3.63) is 65.5 Å². The van der Waals surface area contributed by atoms with Crippen molar-refractivity contribution >= 4 is 27.0 Å². The predicted molar refractivity (Wildman–Crippen MR) is 108 cm³/mol. The van der Waals surface area contributed by atoms with Crippen LogP contribution in [0.25, 0.3) is 21.6 Å². The van der Waals surface area contributed by atoms with Gasteiger partial charge in [-0.1, -0.05) is 42.5 Å². The minimum absolute atomic E-state index is 0.523. The van der Waals surface area contributed by atoms with E-state index in [0.717, 1.165) is 21.6 Å². The third-order valence-corrected chi connectivity index (χ3v) is 6.73. The van der Waals surface area contributed by atoms with Gasteiger partial charge in [0.05, 0.1) is 27.4 Å². The lowest BCUT2D eigenvalue weighted by Gasteiger charge is -2.12. The fourth-order valence-corrected chi connectivity index (χ4v) is 4.16. The van der Waals surface area contributed by atoms with Crippen LogP contribution >= 0.6 is 11.3 Å². The Bertz CT molecular complexity index is 1060. The lowest BCUT2D eigenvalue weighted by atomic mass is 9.97. The lowest BCUT2D eigenvalue weighted by molar-refractivity contribution is 0.593. The maximum Gasteiger partial charge on any atom is 0.235 e. The first-order chi connectivity index (χ1) is 12.4. The molecule has 0 aliphatic carbocycles. The van der Waals surface area contributed by atoms with E-state index in [9.17, 15) is 13.7 Å². The van der Waals surface area contributed by atoms with Gasteiger partial charge in [-0.2, -0.15) is 5.26 Å². The Balaban J connectivity index is 2.03. The number of anilines is 1. The molecule has 0 atom stereocenters. The molecule has 0 unspecified atom stereocenters. The van der Waals surface area contributed by atoms with Gasteiger partial charge in [0.25, 0.3) is 0 Å². The van der Waals surface area contributed by atoms with Crippen LogP contribution in [-0.4, -0.2) is 13.7 Å². The van der Waals surface area contributed by atoms with E-state index < -0.39 is 15.3 Å². The van der Waals surface area contributed by atoms with Gasteiger partial charge < -0.3 is 0 Å². The second kappa shape index (κ2) is 7.32. The fourth-order valence-electron chi connectivity index (χ4n) is 2.53. The van der Waals surface area contributed by atoms with Gasteiger partial charge in [0.15, 0.2) is 0 Å². The highest BCUT2D eigenvalue weighted by molar-refractivity contribution is 7.93. The number of hydrogen-bond donors (Lipinski definition) is 1. The molecule has 0 amide bonds. The third-order valence-electron chi connectivity index (χ3n) is 4.03. The minimum atomic E-state index is -3.43. The van der Waals surface area contributed by atoms with Crippen molar-refractivity contribution in [1.82, 2.24) is 0 Å². The summed E-state index contributed by atoms with van der Waals surface area (Å²) in [7, 11) is -3.43. The molecule has 3 rings (SSSR count). The number of nitriles is 1. The van der Waals surface area contributed by atoms with Crippen molar-refractivity contribution < 1.29 is 8.42 Å². The molecule has 1 N–H and O–H groups in total. The van der Waals surface area contributed by atoms with Gasteiger partial charge >= 0.3 is 0 Å². The summed E-state index contributed by atoms with van der Waals surface area (Å²) in [6, 6.07) is 19.3. The monoisotopic (exact) mass is 382 g/mol. The van der Waals surface area contributed by atoms with Gasteiger partial charge in [-0.05, 0) is 48.1 Å². The Morgan fingerprint density at radius 1 is 1.04 bits per heavy atom. The summed E-state index contributed by atoms with van der Waals surface area (Å²) in [4.78, 5) is 0.797. The van der Waals surface area contributed by atoms with Gasteiger partial charge in [-0.3, -0.25) is 4.72 Å². The fraction of sp³-hybridized carbons (Fsp3) is 0.150. The van der Waals surface area contributed by atoms with Gasteiger partial charge in [0.2, 0.25) is 10.0 Å². The molecule has 0 aliphatic rings. The standard InChI is InChI=1S/C20H18N2O2S2/c1-14(2)26(23,24)22-19-10-11-25-20(19)16-8-9-18(17(12-16)13-21)15-6-4-3-5-7-15/h3-12,14,22H,1-2H3. The van der Waals surface area contributed by atoms with Crippen LogP contribution < -0.4 is 4.72 Å². The van der Waals surface area contributed by atoms with Crippen LogP contribution in [0.2, 0.25) is 0 Å². The molecule has 6 heteroatoms. The number of sulfonamides is 1. The number of rotatable bonds is 5. The molecular weight excluding hydrogens is 364 g/mol. The van der Waals surface area contributed by atoms with Crippen molar-refractivity contribution in [2.75, 3.05) is 4.72 Å². The number of nitrogens with zero attached hydrogens (tertiary/aromatic N) is 1. The zero-order chi connectivity index (χ0) is 18.7. The molecule has 2 aromatic carbocycles. The van der Waals surface area contributed by atoms with Gasteiger partial charge in [0.1, 0.15) is 0 Å². The molecule has 0 saturated heterocycles. The van der Waals surface area contributed by atoms with Crippen LogP contribution in [0.4, 0.5) is 5.69 Å². The zero-order valence-electron chi connectivity index (χ0n) is 14.4. The molecule has 0 spiro atoms. The van der Waals surface area contributed by atoms with Crippen LogP contribution in [-0.2, 0) is 10.0 Å². The molecule has 4 nitrogen and oxygen atoms in total. The predicted octanol–water partition coefficient (Wildman–Crippen LogP) is 5.10. The first kappa shape index (κ1) is 18.2. The highest BCUT2D eigenvalue weighted by Gasteiger charge is 2.19. The summed E-state index contributed by atoms with van der Waals surface area (Å²) in [5, 5.41) is 10.9. The molecule has 0 aliphatic heterocycles. The first-order valence-corrected chi connectivity index (χ1v) is 10.5. The van der Waals surface area contributed by atoms with E-state index in [0.29, 0.717) is 11.3 Å². The summed E-state index contributed by atoms with van der Waals surface area (Å²) in [6.45, 7) is 3.27. The van der Waals surface area contributed by atoms with Crippen LogP contribution in [0, 0.1) is 11.3 Å². The SMILES string of the molecule is CC(C)S(=O)(=O)Nc1ccsc1-c1ccc(-c2ccccc2)c(C#N)c1. The first-order valence-electron chi connectivity index (χ1n) is 8.11. The molecule has 3 aromatic rings. The van der Waals surface area contributed by atoms with Gasteiger partial charge in [0, 0.05) is 0 Å². The average molecular weight is 383 g/mol. The molecular formula is C20H18N2O2S2. The molecule has 0 fully saturated rings. The minimum Gasteiger partial charge on any atom is -0.282 e. The number of benzene rings is 2. The van der Waals surface area contributed by atoms with E-state index in [4.69, 9.17) is 0 Å². The number of thiophene rings is 1. The van der Waals surface area contributed by atoms with Crippen molar-refractivity contribution in [3.8, 4) is 27.6 Å². The molecule has 0 bridgehead atoms. The van der Waals surface area contributed by atoms with Crippen molar-refractivity contribution in [2.45, 2.75) is 19.1 Å². The summed E-state index contributed by atoms with van der Waals surface area (Å²) in [6.07, 6.45) is 0. The largest absolute Gasteiger partial charge is 0.282 e. The molecule has 0 radical (unpaired) electrons. The van der Waals surface area contributed by atoms with Crippen molar-refractivity contribution in [3.63, 3.8) is 0 Å². The third kappa shape index (κ3) is 3.64. The van der Waals surface area contributed by atoms with Crippen LogP contribution in [0.15, 0.2) is 60.0 Å². The van der Waals surface area contributed by atoms with Crippen LogP contribution in [0.1, 0.15) is 19.4 Å². The van der Waals surface area contributed by atoms with Gasteiger partial charge in [-0.25, -0.2) is 8.42 Å². The highest BCUT2D eigenvalue weighted by Crippen LogP contribution is 2.37. The Morgan fingerprint density at radius 3 is 2.42 bits per heavy atom. The quantitative estimate of drug-likeness (QED) is 0.667. The Kier molecular flexibility index (Phi) is 5.12. The topological polar surface area (TPSA) is 70.0 Å². The Labute approximate surface area is 157 Å². The van der Waals surface area contributed by atoms with Gasteiger partial charge in [-0.15, -0.1) is 11.3 Å². The van der Waals surface area contributed by atoms with Crippen LogP contribution in [0.3, 0.4) is 0 Å². The number of hydrogen-bond acceptors (Lipinski definition) is 4. The molecule has 1 aromatic heterocycles. The van der Waals surface area contributed by atoms with Crippen molar-refractivity contribution in [2.24, 2.45) is 0 Å². The van der Waals surface area contributed by atoms with E-state index in [2.05, 4.69) is 10.8 Å². The Hall–Kier alpha value is -2.62. The molecule has 1 heterocycles. The summed E-state index contributed by atoms with van der Waals surface area (Å²) >= 11 is 1.44. The second-order valence-electron chi connectivity index (χ2n) is 6.10. The van der Waals surface area contributed by atoms with E-state index in [-0.39, 0.29) is 0 Å². The smallest absolute Gasteiger partial charge is 0.235 e. The maximum atomic E-state index is 12.2. The highest BCUT2D eigenvalue weighted by atomic mass is 32.2. The van der Waals surface area contributed by atoms with E-state index in [1.807, 2.05) is 47.8 Å². The maximum absolute atomic E-state index is 12.2. The van der Waals surface area contributed by atoms with E-state index >= 15 is 0 Å². The van der Waals surface area contributed by atoms with Crippen molar-refractivity contribution in [1.29, 1.82) is 5.26 Å². The summed E-state index contributed by atoms with van der Waals surface area (Å²) in [5.74, 6) is 0. The lowest BCUT2D eigenvalue weighted by Crippen LogP contribution is -2.22. The normalized spacial score (nSPS) is 11.3. The molecule has 132 valence electrons. The summed E-state index contributed by atoms with van der Waals surface area (Å²) < 4.78 is 27.0.